The van der Waals surface area contributed by atoms with E-state index in [2.05, 4.69) is 28.8 Å². The highest BCUT2D eigenvalue weighted by molar-refractivity contribution is 8.07. The van der Waals surface area contributed by atoms with E-state index >= 15 is 0 Å². The van der Waals surface area contributed by atoms with Crippen molar-refractivity contribution in [1.82, 2.24) is 19.5 Å². The molecule has 0 spiro atoms. The summed E-state index contributed by atoms with van der Waals surface area (Å²) in [6.45, 7) is 4.68. The van der Waals surface area contributed by atoms with Crippen LogP contribution in [0.15, 0.2) is 6.33 Å². The maximum absolute atomic E-state index is 11.0. The highest BCUT2D eigenvalue weighted by atomic mass is 32.5. The molecule has 0 aromatic carbocycles. The summed E-state index contributed by atoms with van der Waals surface area (Å²) in [6.07, 6.45) is 9.79. The van der Waals surface area contributed by atoms with E-state index in [1.165, 1.54) is 25.7 Å². The first-order valence-electron chi connectivity index (χ1n) is 14.3. The van der Waals surface area contributed by atoms with Gasteiger partial charge in [-0.3, -0.25) is 9.09 Å². The zero-order valence-electron chi connectivity index (χ0n) is 24.0. The van der Waals surface area contributed by atoms with Gasteiger partial charge in [-0.05, 0) is 37.5 Å². The van der Waals surface area contributed by atoms with Crippen molar-refractivity contribution in [2.75, 3.05) is 18.6 Å². The fourth-order valence-corrected chi connectivity index (χ4v) is 7.14. The third kappa shape index (κ3) is 8.55. The van der Waals surface area contributed by atoms with Crippen LogP contribution >= 0.6 is 6.72 Å². The summed E-state index contributed by atoms with van der Waals surface area (Å²) in [6, 6.07) is 0. The molecule has 0 saturated carbocycles. The molecule has 7 unspecified atom stereocenters. The van der Waals surface area contributed by atoms with Crippen molar-refractivity contribution in [1.29, 1.82) is 0 Å². The molecule has 1 aliphatic rings. The molecule has 5 N–H and O–H groups in total. The Kier molecular flexibility index (Phi) is 12.4. The van der Waals surface area contributed by atoms with Gasteiger partial charge in [0.2, 0.25) is 5.95 Å². The second kappa shape index (κ2) is 15.0. The fraction of sp³-hybridized carbons (Fsp3) is 0.808. The topological polar surface area (TPSA) is 153 Å². The molecule has 0 aliphatic carbocycles. The van der Waals surface area contributed by atoms with Crippen molar-refractivity contribution < 1.29 is 23.4 Å². The number of anilines is 2. The van der Waals surface area contributed by atoms with Crippen LogP contribution in [-0.2, 0) is 30.3 Å². The van der Waals surface area contributed by atoms with Crippen LogP contribution in [0.25, 0.3) is 11.2 Å². The van der Waals surface area contributed by atoms with E-state index in [4.69, 9.17) is 41.8 Å². The zero-order valence-corrected chi connectivity index (χ0v) is 25.7. The molecule has 39 heavy (non-hydrogen) atoms. The lowest BCUT2D eigenvalue weighted by molar-refractivity contribution is -0.0529. The van der Waals surface area contributed by atoms with Crippen molar-refractivity contribution in [3.8, 4) is 0 Å². The molecule has 0 radical (unpaired) electrons. The van der Waals surface area contributed by atoms with Gasteiger partial charge < -0.3 is 30.4 Å². The zero-order chi connectivity index (χ0) is 28.6. The van der Waals surface area contributed by atoms with Crippen LogP contribution in [0.3, 0.4) is 0 Å². The molecule has 2 aromatic rings. The Bertz CT molecular complexity index is 1090. The Hall–Kier alpha value is -1.40. The maximum Gasteiger partial charge on any atom is 0.325 e. The van der Waals surface area contributed by atoms with E-state index in [-0.39, 0.29) is 17.9 Å². The molecule has 1 saturated heterocycles. The number of nitrogens with two attached hydrogens (primary N) is 2. The maximum atomic E-state index is 11.0. The molecule has 2 aromatic heterocycles. The van der Waals surface area contributed by atoms with Gasteiger partial charge in [0.05, 0.1) is 18.5 Å². The third-order valence-electron chi connectivity index (χ3n) is 7.44. The fourth-order valence-electron chi connectivity index (χ4n) is 5.18. The molecule has 0 amide bonds. The monoisotopic (exact) mass is 586 g/mol. The molecule has 1 fully saturated rings. The quantitative estimate of drug-likeness (QED) is 0.159. The van der Waals surface area contributed by atoms with Crippen LogP contribution in [0, 0.1) is 5.92 Å². The second-order valence-electron chi connectivity index (χ2n) is 10.5. The molecule has 11 nitrogen and oxygen atoms in total. The number of unbranched alkanes of at least 4 members (excludes halogenated alkanes) is 4. The summed E-state index contributed by atoms with van der Waals surface area (Å²) in [7, 11) is 1.59. The van der Waals surface area contributed by atoms with Crippen molar-refractivity contribution in [3.63, 3.8) is 0 Å². The number of aromatic nitrogens is 4. The number of ether oxygens (including phenoxy) is 2. The molecule has 3 heterocycles. The SMILES string of the molecule is CCCCCCC(CCCC)CC1OC(n2cnc3c(N)nc(N)nc32)C(OC)C1OP(O)(=S)OC(C)CC. The minimum absolute atomic E-state index is 0.0394. The molecule has 0 bridgehead atoms. The van der Waals surface area contributed by atoms with Gasteiger partial charge in [0.1, 0.15) is 17.7 Å². The van der Waals surface area contributed by atoms with Gasteiger partial charge in [-0.1, -0.05) is 72.1 Å². The van der Waals surface area contributed by atoms with E-state index in [1.54, 1.807) is 18.0 Å². The van der Waals surface area contributed by atoms with Crippen LogP contribution < -0.4 is 11.5 Å². The highest BCUT2D eigenvalue weighted by Crippen LogP contribution is 2.51. The highest BCUT2D eigenvalue weighted by Gasteiger charge is 2.50. The Morgan fingerprint density at radius 1 is 1.10 bits per heavy atom. The average molecular weight is 587 g/mol. The summed E-state index contributed by atoms with van der Waals surface area (Å²) in [4.78, 5) is 23.8. The molecule has 3 rings (SSSR count). The van der Waals surface area contributed by atoms with Gasteiger partial charge in [-0.25, -0.2) is 4.98 Å². The number of methoxy groups -OCH3 is 1. The van der Waals surface area contributed by atoms with Crippen molar-refractivity contribution in [2.45, 2.75) is 123 Å². The lowest BCUT2D eigenvalue weighted by Gasteiger charge is -2.29. The predicted octanol–water partition coefficient (Wildman–Crippen LogP) is 5.49. The van der Waals surface area contributed by atoms with Crippen LogP contribution in [0.2, 0.25) is 0 Å². The first kappa shape index (κ1) is 32.1. The Balaban J connectivity index is 1.94. The van der Waals surface area contributed by atoms with Gasteiger partial charge >= 0.3 is 6.72 Å². The lowest BCUT2D eigenvalue weighted by Crippen LogP contribution is -2.36. The normalized spacial score (nSPS) is 24.7. The van der Waals surface area contributed by atoms with Crippen LogP contribution in [-0.4, -0.2) is 55.9 Å². The minimum Gasteiger partial charge on any atom is -0.382 e. The van der Waals surface area contributed by atoms with E-state index in [0.717, 1.165) is 32.1 Å². The van der Waals surface area contributed by atoms with Gasteiger partial charge in [-0.2, -0.15) is 9.97 Å². The minimum atomic E-state index is -3.58. The van der Waals surface area contributed by atoms with Crippen LogP contribution in [0.4, 0.5) is 11.8 Å². The van der Waals surface area contributed by atoms with Crippen molar-refractivity contribution >= 4 is 41.5 Å². The Labute approximate surface area is 237 Å². The molecule has 7 atom stereocenters. The molecule has 13 heteroatoms. The van der Waals surface area contributed by atoms with Crippen molar-refractivity contribution in [3.05, 3.63) is 6.33 Å². The smallest absolute Gasteiger partial charge is 0.325 e. The van der Waals surface area contributed by atoms with Crippen LogP contribution in [0.5, 0.6) is 0 Å². The molecular weight excluding hydrogens is 539 g/mol. The van der Waals surface area contributed by atoms with Crippen molar-refractivity contribution in [2.24, 2.45) is 5.92 Å². The van der Waals surface area contributed by atoms with E-state index in [1.807, 2.05) is 13.8 Å². The third-order valence-corrected chi connectivity index (χ3v) is 9.09. The number of hydrogen-bond acceptors (Lipinski definition) is 10. The number of hydrogen-bond donors (Lipinski definition) is 3. The first-order valence-corrected chi connectivity index (χ1v) is 16.9. The van der Waals surface area contributed by atoms with Gasteiger partial charge in [-0.15, -0.1) is 0 Å². The summed E-state index contributed by atoms with van der Waals surface area (Å²) in [5.74, 6) is 0.666. The second-order valence-corrected chi connectivity index (χ2v) is 13.3. The molecule has 1 aliphatic heterocycles. The number of rotatable bonds is 17. The number of nitrogens with zero attached hydrogens (tertiary/aromatic N) is 4. The lowest BCUT2D eigenvalue weighted by atomic mass is 9.88. The number of imidazole rings is 1. The Morgan fingerprint density at radius 3 is 2.49 bits per heavy atom. The van der Waals surface area contributed by atoms with Gasteiger partial charge in [0.15, 0.2) is 17.7 Å². The summed E-state index contributed by atoms with van der Waals surface area (Å²) in [5.41, 5.74) is 12.8. The average Bonchev–Trinajstić information content (AvgIpc) is 3.45. The van der Waals surface area contributed by atoms with E-state index < -0.39 is 31.3 Å². The van der Waals surface area contributed by atoms with Crippen LogP contribution in [0.1, 0.15) is 98.1 Å². The number of nitrogen functional groups attached to an aromatic ring is 2. The van der Waals surface area contributed by atoms with E-state index in [9.17, 15) is 4.89 Å². The van der Waals surface area contributed by atoms with Gasteiger partial charge in [0.25, 0.3) is 0 Å². The summed E-state index contributed by atoms with van der Waals surface area (Å²) in [5, 5.41) is 0. The summed E-state index contributed by atoms with van der Waals surface area (Å²) >= 11 is 5.45. The number of fused-ring (bicyclic) bond motifs is 1. The van der Waals surface area contributed by atoms with E-state index in [0.29, 0.717) is 23.5 Å². The van der Waals surface area contributed by atoms with Gasteiger partial charge in [0, 0.05) is 7.11 Å². The molecule has 222 valence electrons. The standard InChI is InChI=1S/C26H47N6O5PS/c1-6-9-11-12-14-18(13-10-7-2)15-19-21(37-38(33,39)36-17(4)8-3)22(34-5)25(35-19)32-16-29-20-23(27)30-26(28)31-24(20)32/h16-19,21-22,25H,6-15H2,1-5H3,(H,33,39)(H4,27,28,30,31). The first-order chi connectivity index (χ1) is 18.6. The Morgan fingerprint density at radius 2 is 1.82 bits per heavy atom. The molecular formula is C26H47N6O5PS. The predicted molar refractivity (Wildman–Crippen MR) is 157 cm³/mol. The summed E-state index contributed by atoms with van der Waals surface area (Å²) < 4.78 is 26.3. The largest absolute Gasteiger partial charge is 0.382 e.